The van der Waals surface area contributed by atoms with Gasteiger partial charge in [0, 0.05) is 23.2 Å². The number of ketones is 1. The number of nitrogens with two attached hydrogens (primary N) is 1. The quantitative estimate of drug-likeness (QED) is 0.0799. The number of Topliss-reactive ketones (excluding diaryl/α,β-unsaturated/α-hetero) is 1. The number of carbonyl (C=O) groups is 3. The van der Waals surface area contributed by atoms with Crippen LogP contribution in [0.1, 0.15) is 52.6 Å². The van der Waals surface area contributed by atoms with Crippen molar-refractivity contribution in [2.24, 2.45) is 10.9 Å². The minimum atomic E-state index is -0.458. The Morgan fingerprint density at radius 2 is 1.75 bits per heavy atom. The summed E-state index contributed by atoms with van der Waals surface area (Å²) in [6, 6.07) is 8.42. The number of rotatable bonds is 12. The first-order valence-electron chi connectivity index (χ1n) is 11.5. The van der Waals surface area contributed by atoms with Gasteiger partial charge in [-0.05, 0) is 48.3 Å². The minimum Gasteiger partial charge on any atom is -0.480 e. The minimum absolute atomic E-state index is 0.0491. The van der Waals surface area contributed by atoms with Crippen molar-refractivity contribution in [1.82, 2.24) is 4.90 Å². The fraction of sp³-hybridized carbons (Fsp3) is 0.360. The zero-order chi connectivity index (χ0) is 26.2. The SMILES string of the molecule is CCOC(=O)COc1c(SCC)cc(C(=O)CN2Cc3cc(/C(N)=N/O)ccc3C2=O)cc1SCC. The third-order valence-corrected chi connectivity index (χ3v) is 7.11. The van der Waals surface area contributed by atoms with Crippen LogP contribution in [-0.4, -0.2) is 64.9 Å². The molecule has 36 heavy (non-hydrogen) atoms. The molecule has 0 fully saturated rings. The molecular weight excluding hydrogens is 502 g/mol. The standard InChI is InChI=1S/C25H29N3O6S2/c1-4-33-22(30)14-34-23-20(35-5-2)10-16(11-21(23)36-6-3)19(29)13-28-12-17-9-15(24(26)27-32)7-8-18(17)25(28)31/h7-11,32H,4-6,12-14H2,1-3H3,(H2,26,27). The lowest BCUT2D eigenvalue weighted by Gasteiger charge is -2.18. The van der Waals surface area contributed by atoms with Crippen molar-refractivity contribution in [3.8, 4) is 5.75 Å². The average Bonchev–Trinajstić information content (AvgIpc) is 3.17. The molecule has 0 radical (unpaired) electrons. The lowest BCUT2D eigenvalue weighted by atomic mass is 10.1. The van der Waals surface area contributed by atoms with Crippen molar-refractivity contribution in [3.05, 3.63) is 52.6 Å². The van der Waals surface area contributed by atoms with E-state index < -0.39 is 5.97 Å². The largest absolute Gasteiger partial charge is 0.480 e. The highest BCUT2D eigenvalue weighted by Crippen LogP contribution is 2.40. The summed E-state index contributed by atoms with van der Waals surface area (Å²) in [6.07, 6.45) is 0. The molecule has 1 amide bonds. The van der Waals surface area contributed by atoms with Gasteiger partial charge in [0.25, 0.3) is 5.91 Å². The van der Waals surface area contributed by atoms with E-state index in [0.717, 1.165) is 21.3 Å². The molecule has 0 saturated carbocycles. The predicted molar refractivity (Wildman–Crippen MR) is 139 cm³/mol. The van der Waals surface area contributed by atoms with E-state index in [-0.39, 0.29) is 43.8 Å². The number of ether oxygens (including phenoxy) is 2. The van der Waals surface area contributed by atoms with Gasteiger partial charge >= 0.3 is 5.97 Å². The van der Waals surface area contributed by atoms with Crippen LogP contribution in [0.5, 0.6) is 5.75 Å². The van der Waals surface area contributed by atoms with E-state index >= 15 is 0 Å². The number of benzene rings is 2. The molecule has 0 aromatic heterocycles. The molecule has 0 saturated heterocycles. The summed E-state index contributed by atoms with van der Waals surface area (Å²) in [5.74, 6) is 1.08. The van der Waals surface area contributed by atoms with Crippen molar-refractivity contribution in [3.63, 3.8) is 0 Å². The highest BCUT2D eigenvalue weighted by molar-refractivity contribution is 8.00. The number of carbonyl (C=O) groups excluding carboxylic acids is 3. The number of amidine groups is 1. The van der Waals surface area contributed by atoms with E-state index in [1.54, 1.807) is 37.3 Å². The number of nitrogens with zero attached hydrogens (tertiary/aromatic N) is 2. The van der Waals surface area contributed by atoms with E-state index in [2.05, 4.69) is 5.16 Å². The maximum absolute atomic E-state index is 13.3. The van der Waals surface area contributed by atoms with Crippen LogP contribution >= 0.6 is 23.5 Å². The normalized spacial score (nSPS) is 13.0. The van der Waals surface area contributed by atoms with E-state index in [1.807, 2.05) is 13.8 Å². The summed E-state index contributed by atoms with van der Waals surface area (Å²) in [5, 5.41) is 11.9. The lowest BCUT2D eigenvalue weighted by molar-refractivity contribution is -0.145. The summed E-state index contributed by atoms with van der Waals surface area (Å²) < 4.78 is 10.8. The first-order chi connectivity index (χ1) is 17.3. The van der Waals surface area contributed by atoms with Gasteiger partial charge in [0.2, 0.25) is 0 Å². The molecule has 0 unspecified atom stereocenters. The number of fused-ring (bicyclic) bond motifs is 1. The van der Waals surface area contributed by atoms with Crippen LogP contribution in [0.25, 0.3) is 0 Å². The van der Waals surface area contributed by atoms with Crippen LogP contribution in [0.3, 0.4) is 0 Å². The molecule has 0 aliphatic carbocycles. The van der Waals surface area contributed by atoms with Gasteiger partial charge < -0.3 is 25.3 Å². The maximum Gasteiger partial charge on any atom is 0.344 e. The molecule has 2 aromatic rings. The van der Waals surface area contributed by atoms with Crippen molar-refractivity contribution in [1.29, 1.82) is 0 Å². The molecule has 2 aromatic carbocycles. The van der Waals surface area contributed by atoms with Crippen molar-refractivity contribution in [2.75, 3.05) is 31.3 Å². The highest BCUT2D eigenvalue weighted by atomic mass is 32.2. The Bertz CT molecular complexity index is 1160. The monoisotopic (exact) mass is 531 g/mol. The number of hydrogen-bond acceptors (Lipinski definition) is 9. The summed E-state index contributed by atoms with van der Waals surface area (Å²) in [7, 11) is 0. The molecule has 3 N–H and O–H groups in total. The van der Waals surface area contributed by atoms with Crippen molar-refractivity contribution >= 4 is 47.0 Å². The van der Waals surface area contributed by atoms with Crippen LogP contribution in [0.15, 0.2) is 45.3 Å². The number of amides is 1. The second-order valence-electron chi connectivity index (χ2n) is 7.70. The first kappa shape index (κ1) is 27.4. The van der Waals surface area contributed by atoms with Gasteiger partial charge in [-0.2, -0.15) is 0 Å². The second kappa shape index (κ2) is 12.7. The number of oxime groups is 1. The van der Waals surface area contributed by atoms with Crippen molar-refractivity contribution < 1.29 is 29.1 Å². The fourth-order valence-electron chi connectivity index (χ4n) is 3.73. The Balaban J connectivity index is 1.84. The van der Waals surface area contributed by atoms with E-state index in [0.29, 0.717) is 28.0 Å². The van der Waals surface area contributed by atoms with Gasteiger partial charge in [-0.15, -0.1) is 23.5 Å². The van der Waals surface area contributed by atoms with Crippen LogP contribution < -0.4 is 10.5 Å². The van der Waals surface area contributed by atoms with Gasteiger partial charge in [-0.25, -0.2) is 4.79 Å². The third kappa shape index (κ3) is 6.33. The van der Waals surface area contributed by atoms with Crippen molar-refractivity contribution in [2.45, 2.75) is 37.1 Å². The topological polar surface area (TPSA) is 132 Å². The van der Waals surface area contributed by atoms with E-state index in [9.17, 15) is 14.4 Å². The molecule has 0 spiro atoms. The Hall–Kier alpha value is -3.18. The Morgan fingerprint density at radius 1 is 1.08 bits per heavy atom. The van der Waals surface area contributed by atoms with Crippen LogP contribution in [0, 0.1) is 0 Å². The molecule has 1 heterocycles. The van der Waals surface area contributed by atoms with E-state index in [1.165, 1.54) is 28.4 Å². The van der Waals surface area contributed by atoms with Crippen LogP contribution in [0.2, 0.25) is 0 Å². The number of esters is 1. The summed E-state index contributed by atoms with van der Waals surface area (Å²) in [6.45, 7) is 5.92. The van der Waals surface area contributed by atoms with Crippen LogP contribution in [-0.2, 0) is 16.1 Å². The molecule has 0 atom stereocenters. The number of hydrogen-bond donors (Lipinski definition) is 2. The van der Waals surface area contributed by atoms with Gasteiger partial charge in [0.05, 0.1) is 22.9 Å². The molecule has 11 heteroatoms. The molecule has 1 aliphatic heterocycles. The molecule has 9 nitrogen and oxygen atoms in total. The Labute approximate surface area is 218 Å². The summed E-state index contributed by atoms with van der Waals surface area (Å²) in [5.41, 5.74) is 7.83. The second-order valence-corrected chi connectivity index (χ2v) is 10.3. The predicted octanol–water partition coefficient (Wildman–Crippen LogP) is 3.79. The van der Waals surface area contributed by atoms with Gasteiger partial charge in [0.1, 0.15) is 5.75 Å². The van der Waals surface area contributed by atoms with Crippen LogP contribution in [0.4, 0.5) is 0 Å². The first-order valence-corrected chi connectivity index (χ1v) is 13.4. The molecule has 1 aliphatic rings. The van der Waals surface area contributed by atoms with Gasteiger partial charge in [-0.1, -0.05) is 25.1 Å². The Morgan fingerprint density at radius 3 is 2.33 bits per heavy atom. The molecule has 0 bridgehead atoms. The number of thioether (sulfide) groups is 2. The van der Waals surface area contributed by atoms with E-state index in [4.69, 9.17) is 20.4 Å². The van der Waals surface area contributed by atoms with Gasteiger partial charge in [0.15, 0.2) is 18.2 Å². The fourth-order valence-corrected chi connectivity index (χ4v) is 5.44. The van der Waals surface area contributed by atoms with Gasteiger partial charge in [-0.3, -0.25) is 9.59 Å². The molecule has 3 rings (SSSR count). The highest BCUT2D eigenvalue weighted by Gasteiger charge is 2.30. The maximum atomic E-state index is 13.3. The average molecular weight is 532 g/mol. The summed E-state index contributed by atoms with van der Waals surface area (Å²) >= 11 is 3.02. The zero-order valence-electron chi connectivity index (χ0n) is 20.4. The molecule has 192 valence electrons. The zero-order valence-corrected chi connectivity index (χ0v) is 22.0. The lowest BCUT2D eigenvalue weighted by Crippen LogP contribution is -2.30. The third-order valence-electron chi connectivity index (χ3n) is 5.30. The smallest absolute Gasteiger partial charge is 0.344 e. The molecular formula is C25H29N3O6S2. The Kier molecular flexibility index (Phi) is 9.65. The summed E-state index contributed by atoms with van der Waals surface area (Å²) in [4.78, 5) is 41.0.